The maximum Gasteiger partial charge on any atom is 0.263 e. The Bertz CT molecular complexity index is 1230. The van der Waals surface area contributed by atoms with Gasteiger partial charge in [-0.2, -0.15) is 0 Å². The van der Waals surface area contributed by atoms with E-state index in [1.54, 1.807) is 22.4 Å². The van der Waals surface area contributed by atoms with Gasteiger partial charge in [0.05, 0.1) is 4.90 Å². The number of sulfonamides is 1. The van der Waals surface area contributed by atoms with Gasteiger partial charge >= 0.3 is 0 Å². The average Bonchev–Trinajstić information content (AvgIpc) is 3.48. The zero-order chi connectivity index (χ0) is 21.6. The van der Waals surface area contributed by atoms with Gasteiger partial charge in [0.2, 0.25) is 5.91 Å². The molecule has 0 aliphatic carbocycles. The van der Waals surface area contributed by atoms with E-state index in [2.05, 4.69) is 14.6 Å². The highest BCUT2D eigenvalue weighted by Crippen LogP contribution is 2.35. The van der Waals surface area contributed by atoms with Gasteiger partial charge < -0.3 is 9.80 Å². The van der Waals surface area contributed by atoms with E-state index < -0.39 is 10.0 Å². The first-order chi connectivity index (χ1) is 14.9. The molecule has 2 aliphatic heterocycles. The number of benzene rings is 2. The third kappa shape index (κ3) is 3.77. The summed E-state index contributed by atoms with van der Waals surface area (Å²) in [4.78, 5) is 21.1. The minimum atomic E-state index is -3.72. The van der Waals surface area contributed by atoms with Crippen molar-refractivity contribution >= 4 is 55.4 Å². The number of thiazole rings is 1. The van der Waals surface area contributed by atoms with Crippen LogP contribution in [0.3, 0.4) is 0 Å². The van der Waals surface area contributed by atoms with E-state index in [4.69, 9.17) is 11.6 Å². The number of carbonyl (C=O) groups excluding carboxylic acids is 1. The van der Waals surface area contributed by atoms with Crippen molar-refractivity contribution in [2.24, 2.45) is 0 Å². The SMILES string of the molecule is O=C1[C@H](N2CCc3cc(Cl)ccc32)CCN1c1ccc(S(=O)(=O)Nc2nccs2)cc1. The molecule has 0 spiro atoms. The van der Waals surface area contributed by atoms with Gasteiger partial charge in [0.15, 0.2) is 5.13 Å². The maximum absolute atomic E-state index is 13.2. The molecule has 1 fully saturated rings. The number of fused-ring (bicyclic) bond motifs is 1. The average molecular weight is 475 g/mol. The molecular formula is C21H19ClN4O3S2. The second-order valence-corrected chi connectivity index (χ2v) is 10.5. The number of hydrogen-bond donors (Lipinski definition) is 1. The topological polar surface area (TPSA) is 82.6 Å². The summed E-state index contributed by atoms with van der Waals surface area (Å²) in [6.45, 7) is 1.38. The zero-order valence-electron chi connectivity index (χ0n) is 16.4. The zero-order valence-corrected chi connectivity index (χ0v) is 18.8. The van der Waals surface area contributed by atoms with Crippen molar-refractivity contribution in [2.75, 3.05) is 27.6 Å². The Balaban J connectivity index is 1.32. The first-order valence-corrected chi connectivity index (χ1v) is 12.6. The molecule has 1 saturated heterocycles. The van der Waals surface area contributed by atoms with E-state index in [0.29, 0.717) is 28.8 Å². The summed E-state index contributed by atoms with van der Waals surface area (Å²) in [5.41, 5.74) is 2.93. The summed E-state index contributed by atoms with van der Waals surface area (Å²) in [6.07, 6.45) is 3.12. The van der Waals surface area contributed by atoms with Crippen LogP contribution in [0.25, 0.3) is 0 Å². The third-order valence-electron chi connectivity index (χ3n) is 5.64. The minimum Gasteiger partial charge on any atom is -0.359 e. The molecule has 3 aromatic rings. The van der Waals surface area contributed by atoms with Crippen LogP contribution >= 0.6 is 22.9 Å². The number of amides is 1. The summed E-state index contributed by atoms with van der Waals surface area (Å²) in [7, 11) is -3.72. The minimum absolute atomic E-state index is 0.0271. The van der Waals surface area contributed by atoms with E-state index in [1.807, 2.05) is 18.2 Å². The lowest BCUT2D eigenvalue weighted by atomic mass is 10.1. The van der Waals surface area contributed by atoms with Crippen molar-refractivity contribution in [3.63, 3.8) is 0 Å². The fourth-order valence-corrected chi connectivity index (χ4v) is 6.17. The standard InChI is InChI=1S/C21H19ClN4O3S2/c22-15-1-6-18-14(13-15)7-10-26(18)19-8-11-25(20(19)27)16-2-4-17(5-3-16)31(28,29)24-21-23-9-12-30-21/h1-6,9,12-13,19H,7-8,10-11H2,(H,23,24)/t19-/m1/s1. The van der Waals surface area contributed by atoms with Crippen LogP contribution in [0.1, 0.15) is 12.0 Å². The van der Waals surface area contributed by atoms with Gasteiger partial charge in [0.25, 0.3) is 10.0 Å². The number of nitrogens with one attached hydrogen (secondary N) is 1. The number of anilines is 3. The molecular weight excluding hydrogens is 456 g/mol. The smallest absolute Gasteiger partial charge is 0.263 e. The molecule has 1 amide bonds. The van der Waals surface area contributed by atoms with Crippen molar-refractivity contribution < 1.29 is 13.2 Å². The molecule has 10 heteroatoms. The molecule has 0 unspecified atom stereocenters. The molecule has 5 rings (SSSR count). The van der Waals surface area contributed by atoms with Crippen molar-refractivity contribution in [1.82, 2.24) is 4.98 Å². The normalized spacial score (nSPS) is 18.5. The first kappa shape index (κ1) is 20.3. The Morgan fingerprint density at radius 2 is 1.94 bits per heavy atom. The second kappa shape index (κ2) is 7.81. The van der Waals surface area contributed by atoms with Gasteiger partial charge in [-0.25, -0.2) is 13.4 Å². The highest BCUT2D eigenvalue weighted by atomic mass is 35.5. The van der Waals surface area contributed by atoms with Gasteiger partial charge in [0.1, 0.15) is 6.04 Å². The molecule has 0 saturated carbocycles. The van der Waals surface area contributed by atoms with Gasteiger partial charge in [-0.1, -0.05) is 11.6 Å². The van der Waals surface area contributed by atoms with Crippen molar-refractivity contribution in [3.05, 3.63) is 64.6 Å². The first-order valence-electron chi connectivity index (χ1n) is 9.81. The van der Waals surface area contributed by atoms with E-state index in [9.17, 15) is 13.2 Å². The van der Waals surface area contributed by atoms with Gasteiger partial charge in [-0.15, -0.1) is 11.3 Å². The third-order valence-corrected chi connectivity index (χ3v) is 8.05. The molecule has 3 heterocycles. The second-order valence-electron chi connectivity index (χ2n) is 7.45. The summed E-state index contributed by atoms with van der Waals surface area (Å²) in [6, 6.07) is 12.0. The molecule has 0 bridgehead atoms. The lowest BCUT2D eigenvalue weighted by molar-refractivity contribution is -0.118. The van der Waals surface area contributed by atoms with Gasteiger partial charge in [0, 0.05) is 41.1 Å². The predicted molar refractivity (Wildman–Crippen MR) is 123 cm³/mol. The fourth-order valence-electron chi connectivity index (χ4n) is 4.18. The molecule has 160 valence electrons. The molecule has 31 heavy (non-hydrogen) atoms. The number of aromatic nitrogens is 1. The van der Waals surface area contributed by atoms with E-state index in [-0.39, 0.29) is 16.8 Å². The van der Waals surface area contributed by atoms with Crippen molar-refractivity contribution in [1.29, 1.82) is 0 Å². The largest absolute Gasteiger partial charge is 0.359 e. The number of hydrogen-bond acceptors (Lipinski definition) is 6. The number of carbonyl (C=O) groups is 1. The molecule has 1 aromatic heterocycles. The number of halogens is 1. The Kier molecular flexibility index (Phi) is 5.11. The molecule has 7 nitrogen and oxygen atoms in total. The number of nitrogens with zero attached hydrogens (tertiary/aromatic N) is 3. The molecule has 1 N–H and O–H groups in total. The highest BCUT2D eigenvalue weighted by molar-refractivity contribution is 7.93. The Labute approximate surface area is 189 Å². The number of rotatable bonds is 5. The Hall–Kier alpha value is -2.62. The predicted octanol–water partition coefficient (Wildman–Crippen LogP) is 3.77. The Morgan fingerprint density at radius 1 is 1.13 bits per heavy atom. The van der Waals surface area contributed by atoms with Crippen molar-refractivity contribution in [3.8, 4) is 0 Å². The van der Waals surface area contributed by atoms with Crippen LogP contribution < -0.4 is 14.5 Å². The van der Waals surface area contributed by atoms with E-state index >= 15 is 0 Å². The fraction of sp³-hybridized carbons (Fsp3) is 0.238. The molecule has 0 radical (unpaired) electrons. The van der Waals surface area contributed by atoms with Crippen molar-refractivity contribution in [2.45, 2.75) is 23.8 Å². The monoisotopic (exact) mass is 474 g/mol. The van der Waals surface area contributed by atoms with Crippen LogP contribution in [0, 0.1) is 0 Å². The highest BCUT2D eigenvalue weighted by Gasteiger charge is 2.39. The summed E-state index contributed by atoms with van der Waals surface area (Å²) in [5.74, 6) is 0.0271. The van der Waals surface area contributed by atoms with Crippen LogP contribution in [0.5, 0.6) is 0 Å². The molecule has 2 aliphatic rings. The summed E-state index contributed by atoms with van der Waals surface area (Å²) in [5, 5.41) is 2.72. The van der Waals surface area contributed by atoms with Crippen LogP contribution in [-0.2, 0) is 21.2 Å². The van der Waals surface area contributed by atoms with Gasteiger partial charge in [-0.3, -0.25) is 9.52 Å². The maximum atomic E-state index is 13.2. The summed E-state index contributed by atoms with van der Waals surface area (Å²) < 4.78 is 27.5. The van der Waals surface area contributed by atoms with Crippen LogP contribution in [0.4, 0.5) is 16.5 Å². The van der Waals surface area contributed by atoms with Crippen LogP contribution in [0.15, 0.2) is 58.9 Å². The van der Waals surface area contributed by atoms with Gasteiger partial charge in [-0.05, 0) is 60.9 Å². The molecule has 2 aromatic carbocycles. The van der Waals surface area contributed by atoms with Crippen LogP contribution in [-0.4, -0.2) is 38.4 Å². The Morgan fingerprint density at radius 3 is 2.68 bits per heavy atom. The quantitative estimate of drug-likeness (QED) is 0.608. The lowest BCUT2D eigenvalue weighted by Crippen LogP contribution is -2.41. The lowest BCUT2D eigenvalue weighted by Gasteiger charge is -2.26. The van der Waals surface area contributed by atoms with E-state index in [0.717, 1.165) is 18.7 Å². The summed E-state index contributed by atoms with van der Waals surface area (Å²) >= 11 is 7.31. The van der Waals surface area contributed by atoms with E-state index in [1.165, 1.54) is 35.2 Å². The van der Waals surface area contributed by atoms with Crippen LogP contribution in [0.2, 0.25) is 5.02 Å². The molecule has 1 atom stereocenters.